The van der Waals surface area contributed by atoms with Gasteiger partial charge in [-0.15, -0.1) is 0 Å². The minimum absolute atomic E-state index is 0.394. The van der Waals surface area contributed by atoms with Gasteiger partial charge in [-0.05, 0) is 24.4 Å². The first-order valence-electron chi connectivity index (χ1n) is 3.93. The highest BCUT2D eigenvalue weighted by molar-refractivity contribution is 9.10. The second-order valence-corrected chi connectivity index (χ2v) is 3.98. The standard InChI is InChI=1S/C9H6BrN3S/c10-7-3-1-6(2-4-7)8-5-11-13-9(14)12-8/h1-5H,(H,12,13,14). The molecule has 0 aliphatic heterocycles. The molecule has 70 valence electrons. The Hall–Kier alpha value is -1.07. The van der Waals surface area contributed by atoms with E-state index >= 15 is 0 Å². The van der Waals surface area contributed by atoms with E-state index in [4.69, 9.17) is 12.2 Å². The maximum absolute atomic E-state index is 4.89. The van der Waals surface area contributed by atoms with Gasteiger partial charge in [0, 0.05) is 10.0 Å². The van der Waals surface area contributed by atoms with Gasteiger partial charge in [0.05, 0.1) is 11.9 Å². The summed E-state index contributed by atoms with van der Waals surface area (Å²) >= 11 is 8.26. The Balaban J connectivity index is 2.50. The minimum atomic E-state index is 0.394. The van der Waals surface area contributed by atoms with Crippen LogP contribution >= 0.6 is 28.1 Å². The highest BCUT2D eigenvalue weighted by Crippen LogP contribution is 2.18. The van der Waals surface area contributed by atoms with Crippen LogP contribution in [0.1, 0.15) is 0 Å². The summed E-state index contributed by atoms with van der Waals surface area (Å²) in [7, 11) is 0. The monoisotopic (exact) mass is 267 g/mol. The molecule has 0 spiro atoms. The zero-order valence-corrected chi connectivity index (χ0v) is 9.47. The third kappa shape index (κ3) is 2.05. The molecule has 2 rings (SSSR count). The lowest BCUT2D eigenvalue weighted by Gasteiger charge is -1.98. The number of aromatic nitrogens is 3. The highest BCUT2D eigenvalue weighted by Gasteiger charge is 1.98. The van der Waals surface area contributed by atoms with Crippen LogP contribution in [0.5, 0.6) is 0 Å². The summed E-state index contributed by atoms with van der Waals surface area (Å²) < 4.78 is 1.43. The van der Waals surface area contributed by atoms with E-state index in [9.17, 15) is 0 Å². The first kappa shape index (κ1) is 9.48. The van der Waals surface area contributed by atoms with Crippen LogP contribution in [0.3, 0.4) is 0 Å². The van der Waals surface area contributed by atoms with Crippen LogP contribution in [0, 0.1) is 4.77 Å². The number of hydrogen-bond acceptors (Lipinski definition) is 3. The quantitative estimate of drug-likeness (QED) is 0.808. The first-order chi connectivity index (χ1) is 6.75. The average Bonchev–Trinajstić information content (AvgIpc) is 2.19. The minimum Gasteiger partial charge on any atom is -0.252 e. The van der Waals surface area contributed by atoms with Crippen molar-refractivity contribution >= 4 is 28.1 Å². The molecule has 1 aromatic heterocycles. The summed E-state index contributed by atoms with van der Waals surface area (Å²) in [5, 5.41) is 6.48. The maximum atomic E-state index is 4.89. The van der Waals surface area contributed by atoms with Crippen LogP contribution in [0.2, 0.25) is 0 Å². The van der Waals surface area contributed by atoms with Crippen LogP contribution in [-0.2, 0) is 0 Å². The average molecular weight is 268 g/mol. The van der Waals surface area contributed by atoms with Gasteiger partial charge in [-0.25, -0.2) is 4.98 Å². The van der Waals surface area contributed by atoms with Crippen molar-refractivity contribution in [1.29, 1.82) is 0 Å². The van der Waals surface area contributed by atoms with Crippen molar-refractivity contribution < 1.29 is 0 Å². The normalized spacial score (nSPS) is 10.1. The lowest BCUT2D eigenvalue weighted by Crippen LogP contribution is -1.89. The summed E-state index contributed by atoms with van der Waals surface area (Å²) in [4.78, 5) is 4.15. The summed E-state index contributed by atoms with van der Waals surface area (Å²) in [6, 6.07) is 7.83. The third-order valence-corrected chi connectivity index (χ3v) is 2.42. The second-order valence-electron chi connectivity index (χ2n) is 2.68. The Bertz CT molecular complexity index is 492. The van der Waals surface area contributed by atoms with Crippen molar-refractivity contribution in [1.82, 2.24) is 15.2 Å². The number of halogens is 1. The lowest BCUT2D eigenvalue weighted by atomic mass is 10.2. The molecule has 5 heteroatoms. The smallest absolute Gasteiger partial charge is 0.214 e. The van der Waals surface area contributed by atoms with E-state index in [0.717, 1.165) is 15.7 Å². The van der Waals surface area contributed by atoms with Crippen molar-refractivity contribution in [3.8, 4) is 11.3 Å². The van der Waals surface area contributed by atoms with Crippen molar-refractivity contribution in [3.05, 3.63) is 39.7 Å². The molecule has 0 saturated carbocycles. The molecule has 1 heterocycles. The largest absolute Gasteiger partial charge is 0.252 e. The van der Waals surface area contributed by atoms with E-state index < -0.39 is 0 Å². The zero-order valence-electron chi connectivity index (χ0n) is 7.07. The molecule has 0 fully saturated rings. The molecule has 0 aliphatic rings. The molecule has 14 heavy (non-hydrogen) atoms. The van der Waals surface area contributed by atoms with E-state index in [1.165, 1.54) is 0 Å². The van der Waals surface area contributed by atoms with Gasteiger partial charge in [0.25, 0.3) is 0 Å². The Morgan fingerprint density at radius 1 is 1.21 bits per heavy atom. The van der Waals surface area contributed by atoms with E-state index in [2.05, 4.69) is 31.1 Å². The fraction of sp³-hybridized carbons (Fsp3) is 0. The predicted octanol–water partition coefficient (Wildman–Crippen LogP) is 2.96. The molecule has 2 aromatic rings. The third-order valence-electron chi connectivity index (χ3n) is 1.71. The van der Waals surface area contributed by atoms with Gasteiger partial charge >= 0.3 is 0 Å². The summed E-state index contributed by atoms with van der Waals surface area (Å²) in [5.41, 5.74) is 1.78. The Morgan fingerprint density at radius 2 is 1.93 bits per heavy atom. The molecule has 3 nitrogen and oxygen atoms in total. The van der Waals surface area contributed by atoms with Crippen LogP contribution in [-0.4, -0.2) is 15.2 Å². The summed E-state index contributed by atoms with van der Waals surface area (Å²) in [6.07, 6.45) is 1.65. The van der Waals surface area contributed by atoms with Gasteiger partial charge < -0.3 is 0 Å². The maximum Gasteiger partial charge on any atom is 0.214 e. The highest BCUT2D eigenvalue weighted by atomic mass is 79.9. The number of aromatic amines is 1. The number of benzene rings is 1. The molecule has 0 radical (unpaired) electrons. The number of H-pyrrole nitrogens is 1. The van der Waals surface area contributed by atoms with Crippen molar-refractivity contribution in [2.75, 3.05) is 0 Å². The van der Waals surface area contributed by atoms with E-state index in [1.54, 1.807) is 6.20 Å². The number of nitrogens with one attached hydrogen (secondary N) is 1. The summed E-state index contributed by atoms with van der Waals surface area (Å²) in [5.74, 6) is 0. The van der Waals surface area contributed by atoms with E-state index in [1.807, 2.05) is 24.3 Å². The van der Waals surface area contributed by atoms with Gasteiger partial charge in [-0.1, -0.05) is 28.1 Å². The molecule has 1 N–H and O–H groups in total. The molecule has 0 bridgehead atoms. The van der Waals surface area contributed by atoms with Crippen LogP contribution in [0.4, 0.5) is 0 Å². The van der Waals surface area contributed by atoms with Gasteiger partial charge in [0.1, 0.15) is 0 Å². The van der Waals surface area contributed by atoms with E-state index in [-0.39, 0.29) is 0 Å². The molecule has 0 atom stereocenters. The molecule has 0 unspecified atom stereocenters. The van der Waals surface area contributed by atoms with Crippen molar-refractivity contribution in [2.45, 2.75) is 0 Å². The molecular weight excluding hydrogens is 262 g/mol. The summed E-state index contributed by atoms with van der Waals surface area (Å²) in [6.45, 7) is 0. The molecule has 1 aromatic carbocycles. The molecule has 0 saturated heterocycles. The van der Waals surface area contributed by atoms with Gasteiger partial charge in [-0.3, -0.25) is 5.10 Å². The number of nitrogens with zero attached hydrogens (tertiary/aromatic N) is 2. The fourth-order valence-corrected chi connectivity index (χ4v) is 1.49. The first-order valence-corrected chi connectivity index (χ1v) is 5.13. The SMILES string of the molecule is S=c1nc(-c2ccc(Br)cc2)cn[nH]1. The number of rotatable bonds is 1. The Labute approximate surface area is 94.3 Å². The second kappa shape index (κ2) is 3.98. The zero-order chi connectivity index (χ0) is 9.97. The molecule has 0 amide bonds. The van der Waals surface area contributed by atoms with Gasteiger partial charge in [-0.2, -0.15) is 5.10 Å². The van der Waals surface area contributed by atoms with Crippen LogP contribution in [0.15, 0.2) is 34.9 Å². The predicted molar refractivity (Wildman–Crippen MR) is 60.4 cm³/mol. The van der Waals surface area contributed by atoms with Gasteiger partial charge in [0.15, 0.2) is 0 Å². The Kier molecular flexibility index (Phi) is 2.69. The van der Waals surface area contributed by atoms with Crippen molar-refractivity contribution in [2.24, 2.45) is 0 Å². The van der Waals surface area contributed by atoms with Crippen LogP contribution < -0.4 is 0 Å². The topological polar surface area (TPSA) is 41.6 Å². The van der Waals surface area contributed by atoms with Gasteiger partial charge in [0.2, 0.25) is 4.77 Å². The lowest BCUT2D eigenvalue weighted by molar-refractivity contribution is 0.953. The fourth-order valence-electron chi connectivity index (χ4n) is 1.07. The van der Waals surface area contributed by atoms with Crippen molar-refractivity contribution in [3.63, 3.8) is 0 Å². The Morgan fingerprint density at radius 3 is 2.57 bits per heavy atom. The van der Waals surface area contributed by atoms with Crippen LogP contribution in [0.25, 0.3) is 11.3 Å². The molecule has 0 aliphatic carbocycles. The van der Waals surface area contributed by atoms with E-state index in [0.29, 0.717) is 4.77 Å². The molecular formula is C9H6BrN3S. The number of hydrogen-bond donors (Lipinski definition) is 1.